The Morgan fingerprint density at radius 3 is 2.54 bits per heavy atom. The molecule has 2 rings (SSSR count). The van der Waals surface area contributed by atoms with Crippen molar-refractivity contribution in [3.63, 3.8) is 0 Å². The van der Waals surface area contributed by atoms with E-state index in [1.54, 1.807) is 19.2 Å². The zero-order valence-electron chi connectivity index (χ0n) is 13.7. The SMILES string of the molecule is COc1ccc(S(=O)(=O)NCc2cccc(OC(C)C)c2)cc1I. The van der Waals surface area contributed by atoms with Crippen LogP contribution in [0.5, 0.6) is 11.5 Å². The van der Waals surface area contributed by atoms with Crippen LogP contribution in [0.1, 0.15) is 19.4 Å². The van der Waals surface area contributed by atoms with Gasteiger partial charge in [-0.1, -0.05) is 12.1 Å². The standard InChI is InChI=1S/C17H20INO4S/c1-12(2)23-14-6-4-5-13(9-14)11-19-24(20,21)15-7-8-17(22-3)16(18)10-15/h4-10,12,19H,11H2,1-3H3. The maximum absolute atomic E-state index is 12.4. The molecule has 2 aromatic rings. The molecule has 24 heavy (non-hydrogen) atoms. The van der Waals surface area contributed by atoms with E-state index in [2.05, 4.69) is 4.72 Å². The Morgan fingerprint density at radius 1 is 1.17 bits per heavy atom. The first-order chi connectivity index (χ1) is 11.3. The molecule has 7 heteroatoms. The van der Waals surface area contributed by atoms with E-state index in [-0.39, 0.29) is 17.5 Å². The Morgan fingerprint density at radius 2 is 1.92 bits per heavy atom. The highest BCUT2D eigenvalue weighted by Gasteiger charge is 2.15. The minimum atomic E-state index is -3.59. The average molecular weight is 461 g/mol. The van der Waals surface area contributed by atoms with Gasteiger partial charge in [0.1, 0.15) is 11.5 Å². The maximum Gasteiger partial charge on any atom is 0.240 e. The van der Waals surface area contributed by atoms with Gasteiger partial charge in [-0.2, -0.15) is 0 Å². The van der Waals surface area contributed by atoms with Gasteiger partial charge >= 0.3 is 0 Å². The average Bonchev–Trinajstić information content (AvgIpc) is 2.53. The zero-order chi connectivity index (χ0) is 17.7. The zero-order valence-corrected chi connectivity index (χ0v) is 16.7. The number of hydrogen-bond donors (Lipinski definition) is 1. The predicted molar refractivity (Wildman–Crippen MR) is 102 cm³/mol. The highest BCUT2D eigenvalue weighted by molar-refractivity contribution is 14.1. The second kappa shape index (κ2) is 8.17. The smallest absolute Gasteiger partial charge is 0.240 e. The molecule has 0 saturated carbocycles. The summed E-state index contributed by atoms with van der Waals surface area (Å²) >= 11 is 2.05. The van der Waals surface area contributed by atoms with Crippen molar-refractivity contribution in [2.75, 3.05) is 7.11 Å². The number of methoxy groups -OCH3 is 1. The fourth-order valence-electron chi connectivity index (χ4n) is 2.08. The number of hydrogen-bond acceptors (Lipinski definition) is 4. The fourth-order valence-corrected chi connectivity index (χ4v) is 4.07. The molecule has 0 spiro atoms. The van der Waals surface area contributed by atoms with Crippen LogP contribution in [0.15, 0.2) is 47.4 Å². The van der Waals surface area contributed by atoms with Crippen LogP contribution in [0.3, 0.4) is 0 Å². The van der Waals surface area contributed by atoms with Crippen molar-refractivity contribution < 1.29 is 17.9 Å². The van der Waals surface area contributed by atoms with E-state index >= 15 is 0 Å². The molecule has 0 aliphatic carbocycles. The summed E-state index contributed by atoms with van der Waals surface area (Å²) < 4.78 is 39.0. The van der Waals surface area contributed by atoms with Gasteiger partial charge in [0.25, 0.3) is 0 Å². The van der Waals surface area contributed by atoms with Crippen LogP contribution in [-0.4, -0.2) is 21.6 Å². The monoisotopic (exact) mass is 461 g/mol. The van der Waals surface area contributed by atoms with E-state index in [1.165, 1.54) is 6.07 Å². The van der Waals surface area contributed by atoms with Gasteiger partial charge in [0.05, 0.1) is 21.7 Å². The van der Waals surface area contributed by atoms with E-state index in [4.69, 9.17) is 9.47 Å². The van der Waals surface area contributed by atoms with Crippen LogP contribution in [-0.2, 0) is 16.6 Å². The van der Waals surface area contributed by atoms with Crippen LogP contribution >= 0.6 is 22.6 Å². The molecule has 0 aliphatic rings. The van der Waals surface area contributed by atoms with Gasteiger partial charge in [0, 0.05) is 6.54 Å². The van der Waals surface area contributed by atoms with Crippen LogP contribution in [0.4, 0.5) is 0 Å². The first kappa shape index (κ1) is 19.0. The van der Waals surface area contributed by atoms with Crippen molar-refractivity contribution in [1.29, 1.82) is 0 Å². The molecule has 0 fully saturated rings. The molecule has 0 unspecified atom stereocenters. The third-order valence-corrected chi connectivity index (χ3v) is 5.41. The third kappa shape index (κ3) is 5.09. The molecule has 2 aromatic carbocycles. The predicted octanol–water partition coefficient (Wildman–Crippen LogP) is 3.57. The van der Waals surface area contributed by atoms with Crippen molar-refractivity contribution >= 4 is 32.6 Å². The Hall–Kier alpha value is -1.32. The van der Waals surface area contributed by atoms with Crippen molar-refractivity contribution in [3.05, 3.63) is 51.6 Å². The lowest BCUT2D eigenvalue weighted by Crippen LogP contribution is -2.23. The molecular weight excluding hydrogens is 441 g/mol. The number of ether oxygens (including phenoxy) is 2. The lowest BCUT2D eigenvalue weighted by Gasteiger charge is -2.12. The van der Waals surface area contributed by atoms with Crippen molar-refractivity contribution in [1.82, 2.24) is 4.72 Å². The Kier molecular flexibility index (Phi) is 6.47. The minimum Gasteiger partial charge on any atom is -0.496 e. The summed E-state index contributed by atoms with van der Waals surface area (Å²) in [7, 11) is -2.04. The first-order valence-electron chi connectivity index (χ1n) is 7.40. The summed E-state index contributed by atoms with van der Waals surface area (Å²) in [5.41, 5.74) is 0.833. The molecule has 0 radical (unpaired) electrons. The molecule has 0 heterocycles. The van der Waals surface area contributed by atoms with E-state index in [9.17, 15) is 8.42 Å². The molecule has 0 amide bonds. The molecule has 0 aliphatic heterocycles. The molecule has 1 N–H and O–H groups in total. The Bertz CT molecular complexity index is 806. The normalized spacial score (nSPS) is 11.5. The highest BCUT2D eigenvalue weighted by atomic mass is 127. The summed E-state index contributed by atoms with van der Waals surface area (Å²) in [6.45, 7) is 4.08. The second-order valence-electron chi connectivity index (χ2n) is 5.43. The summed E-state index contributed by atoms with van der Waals surface area (Å²) in [4.78, 5) is 0.210. The molecule has 130 valence electrons. The summed E-state index contributed by atoms with van der Waals surface area (Å²) in [5, 5.41) is 0. The lowest BCUT2D eigenvalue weighted by atomic mass is 10.2. The molecule has 0 aromatic heterocycles. The van der Waals surface area contributed by atoms with E-state index < -0.39 is 10.0 Å². The van der Waals surface area contributed by atoms with Gasteiger partial charge < -0.3 is 9.47 Å². The second-order valence-corrected chi connectivity index (χ2v) is 8.36. The Labute approximate surface area is 156 Å². The van der Waals surface area contributed by atoms with Gasteiger partial charge in [-0.25, -0.2) is 13.1 Å². The minimum absolute atomic E-state index is 0.0679. The molecule has 0 atom stereocenters. The van der Waals surface area contributed by atoms with Gasteiger partial charge in [-0.3, -0.25) is 0 Å². The van der Waals surface area contributed by atoms with Crippen molar-refractivity contribution in [3.8, 4) is 11.5 Å². The number of halogens is 1. The Balaban J connectivity index is 2.11. The summed E-state index contributed by atoms with van der Waals surface area (Å²) in [6, 6.07) is 12.1. The third-order valence-electron chi connectivity index (χ3n) is 3.17. The highest BCUT2D eigenvalue weighted by Crippen LogP contribution is 2.24. The number of sulfonamides is 1. The molecule has 0 saturated heterocycles. The van der Waals surface area contributed by atoms with Gasteiger partial charge in [-0.15, -0.1) is 0 Å². The van der Waals surface area contributed by atoms with E-state index in [1.807, 2.05) is 60.7 Å². The quantitative estimate of drug-likeness (QED) is 0.641. The van der Waals surface area contributed by atoms with Crippen LogP contribution < -0.4 is 14.2 Å². The topological polar surface area (TPSA) is 64.6 Å². The van der Waals surface area contributed by atoms with Gasteiger partial charge in [0.15, 0.2) is 0 Å². The van der Waals surface area contributed by atoms with E-state index in [0.29, 0.717) is 5.75 Å². The van der Waals surface area contributed by atoms with Gasteiger partial charge in [0.2, 0.25) is 10.0 Å². The lowest BCUT2D eigenvalue weighted by molar-refractivity contribution is 0.242. The van der Waals surface area contributed by atoms with Crippen LogP contribution in [0.2, 0.25) is 0 Å². The first-order valence-corrected chi connectivity index (χ1v) is 9.97. The largest absolute Gasteiger partial charge is 0.496 e. The number of nitrogens with one attached hydrogen (secondary N) is 1. The van der Waals surface area contributed by atoms with Crippen molar-refractivity contribution in [2.24, 2.45) is 0 Å². The van der Waals surface area contributed by atoms with Crippen molar-refractivity contribution in [2.45, 2.75) is 31.4 Å². The molecule has 0 bridgehead atoms. The van der Waals surface area contributed by atoms with Gasteiger partial charge in [-0.05, 0) is 72.3 Å². The number of benzene rings is 2. The summed E-state index contributed by atoms with van der Waals surface area (Å²) in [5.74, 6) is 1.37. The number of rotatable bonds is 7. The molecule has 5 nitrogen and oxygen atoms in total. The fraction of sp³-hybridized carbons (Fsp3) is 0.294. The molecular formula is C17H20INO4S. The van der Waals surface area contributed by atoms with E-state index in [0.717, 1.165) is 14.9 Å². The van der Waals surface area contributed by atoms with Crippen LogP contribution in [0.25, 0.3) is 0 Å². The summed E-state index contributed by atoms with van der Waals surface area (Å²) in [6.07, 6.45) is 0.0679. The maximum atomic E-state index is 12.4. The van der Waals surface area contributed by atoms with Crippen LogP contribution in [0, 0.1) is 3.57 Å².